The fourth-order valence-electron chi connectivity index (χ4n) is 3.01. The molecule has 1 amide bonds. The lowest BCUT2D eigenvalue weighted by Crippen LogP contribution is -2.17. The molecular formula is C23H22N2O5. The van der Waals surface area contributed by atoms with Crippen molar-refractivity contribution < 1.29 is 23.9 Å². The number of hydrogen-bond donors (Lipinski definition) is 2. The molecule has 0 radical (unpaired) electrons. The quantitative estimate of drug-likeness (QED) is 0.581. The van der Waals surface area contributed by atoms with E-state index in [9.17, 15) is 14.4 Å². The van der Waals surface area contributed by atoms with E-state index >= 15 is 0 Å². The summed E-state index contributed by atoms with van der Waals surface area (Å²) >= 11 is 0. The third-order valence-electron chi connectivity index (χ3n) is 4.57. The molecule has 0 spiro atoms. The fraction of sp³-hybridized carbons (Fsp3) is 0.174. The van der Waals surface area contributed by atoms with Crippen LogP contribution < -0.4 is 5.32 Å². The van der Waals surface area contributed by atoms with Crippen LogP contribution in [0.25, 0.3) is 11.3 Å². The first kappa shape index (κ1) is 20.9. The molecule has 0 saturated carbocycles. The van der Waals surface area contributed by atoms with Crippen LogP contribution >= 0.6 is 0 Å². The number of nitrogens with one attached hydrogen (secondary N) is 2. The predicted molar refractivity (Wildman–Crippen MR) is 112 cm³/mol. The van der Waals surface area contributed by atoms with Crippen LogP contribution in [-0.2, 0) is 20.7 Å². The van der Waals surface area contributed by atoms with Gasteiger partial charge in [-0.3, -0.25) is 4.79 Å². The highest BCUT2D eigenvalue weighted by Gasteiger charge is 2.17. The molecule has 3 aromatic rings. The number of carbonyl (C=O) groups excluding carboxylic acids is 3. The Hall–Kier alpha value is -3.87. The zero-order valence-electron chi connectivity index (χ0n) is 16.7. The Kier molecular flexibility index (Phi) is 6.64. The number of aromatic amines is 1. The van der Waals surface area contributed by atoms with Crippen LogP contribution in [0.15, 0.2) is 60.7 Å². The highest BCUT2D eigenvalue weighted by atomic mass is 16.5. The predicted octanol–water partition coefficient (Wildman–Crippen LogP) is 3.83. The molecule has 3 rings (SSSR count). The number of benzene rings is 2. The van der Waals surface area contributed by atoms with E-state index in [0.717, 1.165) is 17.0 Å². The Morgan fingerprint density at radius 2 is 1.63 bits per heavy atom. The highest BCUT2D eigenvalue weighted by molar-refractivity contribution is 6.03. The van der Waals surface area contributed by atoms with E-state index in [1.165, 1.54) is 32.4 Å². The summed E-state index contributed by atoms with van der Waals surface area (Å²) < 4.78 is 9.44. The van der Waals surface area contributed by atoms with E-state index in [4.69, 9.17) is 9.47 Å². The number of aromatic nitrogens is 1. The summed E-state index contributed by atoms with van der Waals surface area (Å²) in [7, 11) is 2.51. The second kappa shape index (κ2) is 9.56. The SMILES string of the molecule is COC(=O)c1ccc(C(=O)OC)c(NC(=O)CCc2ccc(-c3ccccc3)[nH]2)c1. The summed E-state index contributed by atoms with van der Waals surface area (Å²) in [6.45, 7) is 0. The number of H-pyrrole nitrogens is 1. The number of hydrogen-bond acceptors (Lipinski definition) is 5. The maximum Gasteiger partial charge on any atom is 0.339 e. The zero-order chi connectivity index (χ0) is 21.5. The Morgan fingerprint density at radius 1 is 0.900 bits per heavy atom. The first-order valence-corrected chi connectivity index (χ1v) is 9.35. The second-order valence-electron chi connectivity index (χ2n) is 6.55. The van der Waals surface area contributed by atoms with Gasteiger partial charge in [0.1, 0.15) is 0 Å². The van der Waals surface area contributed by atoms with E-state index in [-0.39, 0.29) is 29.1 Å². The molecule has 0 aliphatic heterocycles. The van der Waals surface area contributed by atoms with Gasteiger partial charge in [0.15, 0.2) is 0 Å². The summed E-state index contributed by atoms with van der Waals surface area (Å²) in [5.41, 5.74) is 3.54. The van der Waals surface area contributed by atoms with E-state index in [0.29, 0.717) is 6.42 Å². The molecule has 0 atom stereocenters. The van der Waals surface area contributed by atoms with Crippen molar-refractivity contribution in [2.75, 3.05) is 19.5 Å². The van der Waals surface area contributed by atoms with E-state index < -0.39 is 11.9 Å². The first-order valence-electron chi connectivity index (χ1n) is 9.35. The Morgan fingerprint density at radius 3 is 2.33 bits per heavy atom. The molecule has 2 aromatic carbocycles. The molecular weight excluding hydrogens is 384 g/mol. The van der Waals surface area contributed by atoms with Crippen LogP contribution in [0.4, 0.5) is 5.69 Å². The standard InChI is InChI=1S/C23H22N2O5/c1-29-22(27)16-8-11-18(23(28)30-2)20(14-16)25-21(26)13-10-17-9-12-19(24-17)15-6-4-3-5-7-15/h3-9,11-12,14,24H,10,13H2,1-2H3,(H,25,26). The smallest absolute Gasteiger partial charge is 0.339 e. The van der Waals surface area contributed by atoms with E-state index in [2.05, 4.69) is 10.3 Å². The van der Waals surface area contributed by atoms with Crippen LogP contribution in [0.3, 0.4) is 0 Å². The van der Waals surface area contributed by atoms with Crippen molar-refractivity contribution in [2.24, 2.45) is 0 Å². The number of aryl methyl sites for hydroxylation is 1. The first-order chi connectivity index (χ1) is 14.5. The summed E-state index contributed by atoms with van der Waals surface area (Å²) in [5, 5.41) is 2.69. The van der Waals surface area contributed by atoms with Gasteiger partial charge >= 0.3 is 11.9 Å². The fourth-order valence-corrected chi connectivity index (χ4v) is 3.01. The molecule has 0 aliphatic carbocycles. The molecule has 30 heavy (non-hydrogen) atoms. The van der Waals surface area contributed by atoms with Gasteiger partial charge in [0.05, 0.1) is 31.0 Å². The number of carbonyl (C=O) groups is 3. The van der Waals surface area contributed by atoms with Gasteiger partial charge in [-0.15, -0.1) is 0 Å². The molecule has 0 saturated heterocycles. The minimum absolute atomic E-state index is 0.157. The van der Waals surface area contributed by atoms with Gasteiger partial charge in [-0.1, -0.05) is 30.3 Å². The molecule has 7 heteroatoms. The van der Waals surface area contributed by atoms with Gasteiger partial charge in [-0.2, -0.15) is 0 Å². The lowest BCUT2D eigenvalue weighted by atomic mass is 10.1. The molecule has 1 heterocycles. The average molecular weight is 406 g/mol. The lowest BCUT2D eigenvalue weighted by molar-refractivity contribution is -0.116. The number of methoxy groups -OCH3 is 2. The normalized spacial score (nSPS) is 10.3. The summed E-state index contributed by atoms with van der Waals surface area (Å²) in [6, 6.07) is 18.1. The van der Waals surface area contributed by atoms with Gasteiger partial charge in [-0.25, -0.2) is 9.59 Å². The zero-order valence-corrected chi connectivity index (χ0v) is 16.7. The van der Waals surface area contributed by atoms with E-state index in [1.54, 1.807) is 0 Å². The maximum absolute atomic E-state index is 12.5. The molecule has 1 aromatic heterocycles. The highest BCUT2D eigenvalue weighted by Crippen LogP contribution is 2.21. The van der Waals surface area contributed by atoms with E-state index in [1.807, 2.05) is 42.5 Å². The van der Waals surface area contributed by atoms with Gasteiger partial charge in [0.25, 0.3) is 0 Å². The maximum atomic E-state index is 12.5. The molecule has 7 nitrogen and oxygen atoms in total. The minimum atomic E-state index is -0.612. The monoisotopic (exact) mass is 406 g/mol. The molecule has 0 fully saturated rings. The minimum Gasteiger partial charge on any atom is -0.465 e. The topological polar surface area (TPSA) is 97.5 Å². The Bertz CT molecular complexity index is 1060. The van der Waals surface area contributed by atoms with Crippen LogP contribution in [0.1, 0.15) is 32.8 Å². The molecule has 0 aliphatic rings. The largest absolute Gasteiger partial charge is 0.465 e. The Balaban J connectivity index is 1.69. The molecule has 0 bridgehead atoms. The van der Waals surface area contributed by atoms with Crippen molar-refractivity contribution in [1.82, 2.24) is 4.98 Å². The summed E-state index contributed by atoms with van der Waals surface area (Å²) in [5.74, 6) is -1.47. The van der Waals surface area contributed by atoms with Gasteiger partial charge in [-0.05, 0) is 42.3 Å². The second-order valence-corrected chi connectivity index (χ2v) is 6.55. The van der Waals surface area contributed by atoms with Crippen molar-refractivity contribution >= 4 is 23.5 Å². The molecule has 0 unspecified atom stereocenters. The average Bonchev–Trinajstić information content (AvgIpc) is 3.26. The number of esters is 2. The number of anilines is 1. The number of amides is 1. The molecule has 2 N–H and O–H groups in total. The summed E-state index contributed by atoms with van der Waals surface area (Å²) in [6.07, 6.45) is 0.681. The Labute approximate surface area is 174 Å². The van der Waals surface area contributed by atoms with Crippen LogP contribution in [0, 0.1) is 0 Å². The van der Waals surface area contributed by atoms with Crippen LogP contribution in [-0.4, -0.2) is 37.0 Å². The van der Waals surface area contributed by atoms with Gasteiger partial charge < -0.3 is 19.8 Å². The lowest BCUT2D eigenvalue weighted by Gasteiger charge is -2.11. The summed E-state index contributed by atoms with van der Waals surface area (Å²) in [4.78, 5) is 39.6. The number of rotatable bonds is 7. The van der Waals surface area contributed by atoms with Crippen molar-refractivity contribution in [3.8, 4) is 11.3 Å². The number of ether oxygens (including phenoxy) is 2. The van der Waals surface area contributed by atoms with Gasteiger partial charge in [0, 0.05) is 17.8 Å². The molecule has 154 valence electrons. The van der Waals surface area contributed by atoms with Crippen LogP contribution in [0.2, 0.25) is 0 Å². The van der Waals surface area contributed by atoms with Crippen molar-refractivity contribution in [3.05, 3.63) is 77.5 Å². The van der Waals surface area contributed by atoms with Crippen LogP contribution in [0.5, 0.6) is 0 Å². The van der Waals surface area contributed by atoms with Gasteiger partial charge in [0.2, 0.25) is 5.91 Å². The van der Waals surface area contributed by atoms with Crippen molar-refractivity contribution in [3.63, 3.8) is 0 Å². The third kappa shape index (κ3) is 4.94. The third-order valence-corrected chi connectivity index (χ3v) is 4.57. The van der Waals surface area contributed by atoms with Crippen molar-refractivity contribution in [1.29, 1.82) is 0 Å². The van der Waals surface area contributed by atoms with Crippen molar-refractivity contribution in [2.45, 2.75) is 12.8 Å².